The molecule has 5 nitrogen and oxygen atoms in total. The first-order valence-electron chi connectivity index (χ1n) is 8.11. The van der Waals surface area contributed by atoms with Crippen LogP contribution in [-0.4, -0.2) is 25.1 Å². The summed E-state index contributed by atoms with van der Waals surface area (Å²) < 4.78 is 24.3. The fraction of sp³-hybridized carbons (Fsp3) is 0.412. The van der Waals surface area contributed by atoms with Crippen LogP contribution in [0.4, 0.5) is 5.13 Å². The minimum absolute atomic E-state index is 0.0290. The predicted octanol–water partition coefficient (Wildman–Crippen LogP) is 3.21. The topological polar surface area (TPSA) is 76.1 Å². The zero-order chi connectivity index (χ0) is 17.0. The standard InChI is InChI=1S/C17H20N2O3S2/c20-16(19-17-18-14-9-4-5-10-15(14)23-17)11-6-12-24(21,22)13-7-2-1-3-8-13/h1-3,7-8H,4-6,9-12H2,(H,18,19,20). The van der Waals surface area contributed by atoms with Crippen LogP contribution < -0.4 is 5.32 Å². The fourth-order valence-corrected chi connectivity index (χ4v) is 5.15. The Morgan fingerprint density at radius 1 is 1.17 bits per heavy atom. The largest absolute Gasteiger partial charge is 0.302 e. The molecular weight excluding hydrogens is 344 g/mol. The number of thiazole rings is 1. The first kappa shape index (κ1) is 17.1. The SMILES string of the molecule is O=C(CCCS(=O)(=O)c1ccccc1)Nc1nc2c(s1)CCCC2. The molecule has 1 aliphatic rings. The van der Waals surface area contributed by atoms with Gasteiger partial charge >= 0.3 is 0 Å². The number of carbonyl (C=O) groups is 1. The highest BCUT2D eigenvalue weighted by molar-refractivity contribution is 7.91. The van der Waals surface area contributed by atoms with Crippen LogP contribution in [0, 0.1) is 0 Å². The van der Waals surface area contributed by atoms with Gasteiger partial charge < -0.3 is 5.32 Å². The number of fused-ring (bicyclic) bond motifs is 1. The van der Waals surface area contributed by atoms with Crippen molar-refractivity contribution in [1.29, 1.82) is 0 Å². The van der Waals surface area contributed by atoms with Crippen molar-refractivity contribution in [3.8, 4) is 0 Å². The number of rotatable bonds is 6. The van der Waals surface area contributed by atoms with Gasteiger partial charge in [-0.25, -0.2) is 13.4 Å². The summed E-state index contributed by atoms with van der Waals surface area (Å²) >= 11 is 1.54. The van der Waals surface area contributed by atoms with Crippen LogP contribution in [0.25, 0.3) is 0 Å². The molecule has 1 N–H and O–H groups in total. The van der Waals surface area contributed by atoms with Gasteiger partial charge in [-0.1, -0.05) is 18.2 Å². The molecule has 0 unspecified atom stereocenters. The van der Waals surface area contributed by atoms with Crippen molar-refractivity contribution in [3.05, 3.63) is 40.9 Å². The molecular formula is C17H20N2O3S2. The van der Waals surface area contributed by atoms with Gasteiger partial charge in [0.25, 0.3) is 0 Å². The first-order valence-corrected chi connectivity index (χ1v) is 10.6. The monoisotopic (exact) mass is 364 g/mol. The summed E-state index contributed by atoms with van der Waals surface area (Å²) in [5.74, 6) is -0.205. The third-order valence-corrected chi connectivity index (χ3v) is 6.90. The Labute approximate surface area is 146 Å². The Morgan fingerprint density at radius 3 is 2.67 bits per heavy atom. The number of anilines is 1. The molecule has 0 bridgehead atoms. The van der Waals surface area contributed by atoms with Crippen molar-refractivity contribution in [2.75, 3.05) is 11.1 Å². The number of sulfone groups is 1. The Hall–Kier alpha value is -1.73. The van der Waals surface area contributed by atoms with Gasteiger partial charge in [0.15, 0.2) is 15.0 Å². The first-order chi connectivity index (χ1) is 11.5. The molecule has 128 valence electrons. The number of benzene rings is 1. The maximum absolute atomic E-state index is 12.2. The molecule has 0 saturated carbocycles. The van der Waals surface area contributed by atoms with Crippen molar-refractivity contribution in [2.45, 2.75) is 43.4 Å². The number of carbonyl (C=O) groups excluding carboxylic acids is 1. The maximum Gasteiger partial charge on any atom is 0.226 e. The molecule has 0 spiro atoms. The van der Waals surface area contributed by atoms with E-state index in [1.165, 1.54) is 22.6 Å². The third-order valence-electron chi connectivity index (χ3n) is 4.01. The summed E-state index contributed by atoms with van der Waals surface area (Å²) in [6.45, 7) is 0. The Bertz CT molecular complexity index is 790. The van der Waals surface area contributed by atoms with Gasteiger partial charge in [0, 0.05) is 11.3 Å². The lowest BCUT2D eigenvalue weighted by Crippen LogP contribution is -2.14. The van der Waals surface area contributed by atoms with Gasteiger partial charge in [0.05, 0.1) is 16.3 Å². The lowest BCUT2D eigenvalue weighted by Gasteiger charge is -2.06. The summed E-state index contributed by atoms with van der Waals surface area (Å²) in [5, 5.41) is 3.44. The van der Waals surface area contributed by atoms with Crippen LogP contribution in [0.1, 0.15) is 36.3 Å². The van der Waals surface area contributed by atoms with Crippen LogP contribution in [0.15, 0.2) is 35.2 Å². The number of aryl methyl sites for hydroxylation is 2. The summed E-state index contributed by atoms with van der Waals surface area (Å²) in [6, 6.07) is 8.33. The maximum atomic E-state index is 12.2. The van der Waals surface area contributed by atoms with E-state index in [1.807, 2.05) is 0 Å². The molecule has 3 rings (SSSR count). The van der Waals surface area contributed by atoms with Gasteiger partial charge in [-0.15, -0.1) is 11.3 Å². The Balaban J connectivity index is 1.50. The number of aromatic nitrogens is 1. The Morgan fingerprint density at radius 2 is 1.92 bits per heavy atom. The zero-order valence-electron chi connectivity index (χ0n) is 13.3. The van der Waals surface area contributed by atoms with Crippen LogP contribution in [0.2, 0.25) is 0 Å². The lowest BCUT2D eigenvalue weighted by atomic mass is 10.0. The van der Waals surface area contributed by atoms with E-state index in [0.29, 0.717) is 16.4 Å². The van der Waals surface area contributed by atoms with Crippen LogP contribution in [0.5, 0.6) is 0 Å². The molecule has 1 aromatic heterocycles. The smallest absolute Gasteiger partial charge is 0.226 e. The molecule has 0 fully saturated rings. The van der Waals surface area contributed by atoms with Crippen LogP contribution in [-0.2, 0) is 27.5 Å². The highest BCUT2D eigenvalue weighted by atomic mass is 32.2. The minimum Gasteiger partial charge on any atom is -0.302 e. The summed E-state index contributed by atoms with van der Waals surface area (Å²) in [4.78, 5) is 18.0. The normalized spacial score (nSPS) is 14.2. The second kappa shape index (κ2) is 7.44. The van der Waals surface area contributed by atoms with Crippen LogP contribution in [0.3, 0.4) is 0 Å². The number of nitrogens with one attached hydrogen (secondary N) is 1. The van der Waals surface area contributed by atoms with Crippen molar-refractivity contribution in [3.63, 3.8) is 0 Å². The molecule has 24 heavy (non-hydrogen) atoms. The van der Waals surface area contributed by atoms with E-state index in [9.17, 15) is 13.2 Å². The average molecular weight is 364 g/mol. The van der Waals surface area contributed by atoms with E-state index in [0.717, 1.165) is 25.0 Å². The van der Waals surface area contributed by atoms with E-state index in [2.05, 4.69) is 10.3 Å². The van der Waals surface area contributed by atoms with Gasteiger partial charge in [0.2, 0.25) is 5.91 Å². The summed E-state index contributed by atoms with van der Waals surface area (Å²) in [7, 11) is -3.32. The van der Waals surface area contributed by atoms with Gasteiger partial charge in [-0.05, 0) is 44.2 Å². The highest BCUT2D eigenvalue weighted by Crippen LogP contribution is 2.29. The number of hydrogen-bond donors (Lipinski definition) is 1. The minimum atomic E-state index is -3.32. The lowest BCUT2D eigenvalue weighted by molar-refractivity contribution is -0.116. The highest BCUT2D eigenvalue weighted by Gasteiger charge is 2.17. The second-order valence-corrected chi connectivity index (χ2v) is 9.07. The van der Waals surface area contributed by atoms with Crippen molar-refractivity contribution in [2.24, 2.45) is 0 Å². The molecule has 0 radical (unpaired) electrons. The van der Waals surface area contributed by atoms with Gasteiger partial charge in [-0.2, -0.15) is 0 Å². The molecule has 1 aliphatic carbocycles. The summed E-state index contributed by atoms with van der Waals surface area (Å²) in [5.41, 5.74) is 1.10. The molecule has 1 heterocycles. The van der Waals surface area contributed by atoms with E-state index in [1.54, 1.807) is 30.3 Å². The quantitative estimate of drug-likeness (QED) is 0.854. The predicted molar refractivity (Wildman–Crippen MR) is 95.1 cm³/mol. The molecule has 2 aromatic rings. The molecule has 0 aliphatic heterocycles. The van der Waals surface area contributed by atoms with Gasteiger partial charge in [0.1, 0.15) is 0 Å². The van der Waals surface area contributed by atoms with Crippen molar-refractivity contribution < 1.29 is 13.2 Å². The van der Waals surface area contributed by atoms with Crippen LogP contribution >= 0.6 is 11.3 Å². The second-order valence-electron chi connectivity index (χ2n) is 5.88. The zero-order valence-corrected chi connectivity index (χ0v) is 15.0. The van der Waals surface area contributed by atoms with E-state index >= 15 is 0 Å². The molecule has 7 heteroatoms. The van der Waals surface area contributed by atoms with Gasteiger partial charge in [-0.3, -0.25) is 4.79 Å². The van der Waals surface area contributed by atoms with Crippen molar-refractivity contribution >= 4 is 32.2 Å². The number of nitrogens with zero attached hydrogens (tertiary/aromatic N) is 1. The van der Waals surface area contributed by atoms with E-state index in [-0.39, 0.29) is 18.1 Å². The van der Waals surface area contributed by atoms with E-state index in [4.69, 9.17) is 0 Å². The Kier molecular flexibility index (Phi) is 5.30. The molecule has 0 saturated heterocycles. The average Bonchev–Trinajstić information content (AvgIpc) is 2.97. The van der Waals surface area contributed by atoms with Crippen molar-refractivity contribution in [1.82, 2.24) is 4.98 Å². The number of hydrogen-bond acceptors (Lipinski definition) is 5. The number of amides is 1. The summed E-state index contributed by atoms with van der Waals surface area (Å²) in [6.07, 6.45) is 4.83. The van der Waals surface area contributed by atoms with E-state index < -0.39 is 9.84 Å². The fourth-order valence-electron chi connectivity index (χ4n) is 2.76. The third kappa shape index (κ3) is 4.21. The molecule has 1 aromatic carbocycles. The molecule has 1 amide bonds. The molecule has 0 atom stereocenters.